The minimum absolute atomic E-state index is 0.0768. The molecule has 0 radical (unpaired) electrons. The summed E-state index contributed by atoms with van der Waals surface area (Å²) in [6, 6.07) is 0.218. The highest BCUT2D eigenvalue weighted by atomic mass is 16.5. The van der Waals surface area contributed by atoms with Gasteiger partial charge in [-0.25, -0.2) is 0 Å². The number of amides is 1. The average Bonchev–Trinajstić information content (AvgIpc) is 2.23. The van der Waals surface area contributed by atoms with Crippen LogP contribution in [0, 0.1) is 0 Å². The molecule has 0 aromatic heterocycles. The second-order valence-corrected chi connectivity index (χ2v) is 5.24. The Morgan fingerprint density at radius 2 is 2.00 bits per heavy atom. The lowest BCUT2D eigenvalue weighted by Gasteiger charge is -2.30. The Bertz CT molecular complexity index is 246. The van der Waals surface area contributed by atoms with E-state index in [-0.39, 0.29) is 18.1 Å². The minimum atomic E-state index is -0.665. The van der Waals surface area contributed by atoms with Crippen LogP contribution in [0.3, 0.4) is 0 Å². The minimum Gasteiger partial charge on any atom is -0.382 e. The number of nitrogens with one attached hydrogen (secondary N) is 1. The van der Waals surface area contributed by atoms with Gasteiger partial charge >= 0.3 is 0 Å². The van der Waals surface area contributed by atoms with E-state index >= 15 is 0 Å². The Morgan fingerprint density at radius 1 is 1.39 bits per heavy atom. The van der Waals surface area contributed by atoms with Crippen molar-refractivity contribution in [3.8, 4) is 0 Å². The van der Waals surface area contributed by atoms with Crippen molar-refractivity contribution < 1.29 is 14.3 Å². The van der Waals surface area contributed by atoms with Gasteiger partial charge in [0.25, 0.3) is 0 Å². The third-order valence-electron chi connectivity index (χ3n) is 2.78. The van der Waals surface area contributed by atoms with Crippen LogP contribution in [-0.4, -0.2) is 43.9 Å². The molecule has 18 heavy (non-hydrogen) atoms. The number of rotatable bonds is 10. The fourth-order valence-electron chi connectivity index (χ4n) is 1.90. The summed E-state index contributed by atoms with van der Waals surface area (Å²) in [6.45, 7) is 8.98. The van der Waals surface area contributed by atoms with Crippen LogP contribution in [0.1, 0.15) is 40.5 Å². The topological polar surface area (TPSA) is 73.6 Å². The summed E-state index contributed by atoms with van der Waals surface area (Å²) in [6.07, 6.45) is 1.53. The molecule has 0 aliphatic heterocycles. The lowest BCUT2D eigenvalue weighted by Crippen LogP contribution is -2.55. The quantitative estimate of drug-likeness (QED) is 0.576. The first-order valence-electron chi connectivity index (χ1n) is 6.50. The Labute approximate surface area is 110 Å². The summed E-state index contributed by atoms with van der Waals surface area (Å²) in [5, 5.41) is 3.21. The molecule has 0 aromatic rings. The fraction of sp³-hybridized carbons (Fsp3) is 0.923. The van der Waals surface area contributed by atoms with E-state index in [1.807, 2.05) is 27.7 Å². The smallest absolute Gasteiger partial charge is 0.237 e. The number of hydrogen-bond acceptors (Lipinski definition) is 4. The highest BCUT2D eigenvalue weighted by molar-refractivity contribution is 5.84. The zero-order chi connectivity index (χ0) is 14.2. The van der Waals surface area contributed by atoms with Crippen LogP contribution in [0.5, 0.6) is 0 Å². The fourth-order valence-corrected chi connectivity index (χ4v) is 1.90. The lowest BCUT2D eigenvalue weighted by atomic mass is 9.94. The number of primary amides is 1. The van der Waals surface area contributed by atoms with Crippen LogP contribution in [0.2, 0.25) is 0 Å². The zero-order valence-electron chi connectivity index (χ0n) is 12.3. The third kappa shape index (κ3) is 6.93. The van der Waals surface area contributed by atoms with E-state index in [0.717, 1.165) is 6.42 Å². The summed E-state index contributed by atoms with van der Waals surface area (Å²) in [5.74, 6) is -0.318. The maximum atomic E-state index is 11.5. The van der Waals surface area contributed by atoms with Crippen LogP contribution in [-0.2, 0) is 14.3 Å². The molecule has 0 spiro atoms. The van der Waals surface area contributed by atoms with Gasteiger partial charge in [0.05, 0.1) is 18.2 Å². The van der Waals surface area contributed by atoms with Crippen molar-refractivity contribution in [2.24, 2.45) is 5.73 Å². The largest absolute Gasteiger partial charge is 0.382 e. The molecule has 0 heterocycles. The Hall–Kier alpha value is -0.650. The molecule has 1 amide bonds. The van der Waals surface area contributed by atoms with Crippen molar-refractivity contribution >= 4 is 5.91 Å². The molecule has 0 aliphatic carbocycles. The van der Waals surface area contributed by atoms with E-state index in [9.17, 15) is 4.79 Å². The highest BCUT2D eigenvalue weighted by Crippen LogP contribution is 2.13. The summed E-state index contributed by atoms with van der Waals surface area (Å²) in [4.78, 5) is 11.5. The second kappa shape index (κ2) is 8.45. The first-order chi connectivity index (χ1) is 8.31. The number of carbonyl (C=O) groups is 1. The Kier molecular flexibility index (Phi) is 8.15. The van der Waals surface area contributed by atoms with Gasteiger partial charge in [0.1, 0.15) is 0 Å². The lowest BCUT2D eigenvalue weighted by molar-refractivity contribution is -0.124. The van der Waals surface area contributed by atoms with Gasteiger partial charge in [-0.1, -0.05) is 0 Å². The maximum Gasteiger partial charge on any atom is 0.237 e. The van der Waals surface area contributed by atoms with E-state index in [4.69, 9.17) is 15.2 Å². The van der Waals surface area contributed by atoms with Crippen molar-refractivity contribution in [3.63, 3.8) is 0 Å². The average molecular weight is 260 g/mol. The molecular weight excluding hydrogens is 232 g/mol. The molecule has 2 unspecified atom stereocenters. The van der Waals surface area contributed by atoms with Crippen LogP contribution < -0.4 is 11.1 Å². The monoisotopic (exact) mass is 260 g/mol. The van der Waals surface area contributed by atoms with E-state index in [0.29, 0.717) is 19.6 Å². The molecule has 0 fully saturated rings. The van der Waals surface area contributed by atoms with Crippen LogP contribution >= 0.6 is 0 Å². The number of nitrogens with two attached hydrogens (primary N) is 1. The summed E-state index contributed by atoms with van der Waals surface area (Å²) in [5.41, 5.74) is 4.78. The number of hydrogen-bond donors (Lipinski definition) is 2. The normalized spacial score (nSPS) is 16.6. The second-order valence-electron chi connectivity index (χ2n) is 5.24. The molecule has 0 bridgehead atoms. The van der Waals surface area contributed by atoms with Gasteiger partial charge in [-0.05, 0) is 40.5 Å². The van der Waals surface area contributed by atoms with E-state index in [2.05, 4.69) is 5.32 Å². The van der Waals surface area contributed by atoms with E-state index in [1.54, 1.807) is 7.11 Å². The van der Waals surface area contributed by atoms with Crippen molar-refractivity contribution in [1.29, 1.82) is 0 Å². The van der Waals surface area contributed by atoms with Crippen LogP contribution in [0.4, 0.5) is 0 Å². The molecule has 0 aliphatic rings. The molecule has 0 saturated carbocycles. The van der Waals surface area contributed by atoms with Gasteiger partial charge in [-0.2, -0.15) is 0 Å². The summed E-state index contributed by atoms with van der Waals surface area (Å²) >= 11 is 0. The Morgan fingerprint density at radius 3 is 2.44 bits per heavy atom. The molecular formula is C13H28N2O3. The zero-order valence-corrected chi connectivity index (χ0v) is 12.3. The number of methoxy groups -OCH3 is 1. The Balaban J connectivity index is 4.02. The molecule has 0 saturated heterocycles. The predicted molar refractivity (Wildman–Crippen MR) is 72.4 cm³/mol. The highest BCUT2D eigenvalue weighted by Gasteiger charge is 2.30. The molecule has 0 rings (SSSR count). The van der Waals surface area contributed by atoms with E-state index < -0.39 is 5.54 Å². The van der Waals surface area contributed by atoms with Gasteiger partial charge in [0.2, 0.25) is 5.91 Å². The van der Waals surface area contributed by atoms with Crippen molar-refractivity contribution in [1.82, 2.24) is 5.32 Å². The molecule has 2 atom stereocenters. The predicted octanol–water partition coefficient (Wildman–Crippen LogP) is 1.06. The first kappa shape index (κ1) is 17.4. The van der Waals surface area contributed by atoms with Gasteiger partial charge < -0.3 is 20.5 Å². The SMILES string of the molecule is COCC(C)OCCCC(C)(NC(C)C)C(N)=O. The number of ether oxygens (including phenoxy) is 2. The maximum absolute atomic E-state index is 11.5. The molecule has 108 valence electrons. The van der Waals surface area contributed by atoms with Gasteiger partial charge in [0.15, 0.2) is 0 Å². The molecule has 3 N–H and O–H groups in total. The first-order valence-corrected chi connectivity index (χ1v) is 6.50. The van der Waals surface area contributed by atoms with Gasteiger partial charge in [-0.3, -0.25) is 4.79 Å². The van der Waals surface area contributed by atoms with Gasteiger partial charge in [-0.15, -0.1) is 0 Å². The standard InChI is InChI=1S/C13H28N2O3/c1-10(2)15-13(4,12(14)16)7-6-8-18-11(3)9-17-5/h10-11,15H,6-9H2,1-5H3,(H2,14,16). The molecule has 5 heteroatoms. The molecule has 0 aromatic carbocycles. The summed E-state index contributed by atoms with van der Waals surface area (Å²) in [7, 11) is 1.65. The summed E-state index contributed by atoms with van der Waals surface area (Å²) < 4.78 is 10.5. The van der Waals surface area contributed by atoms with Crippen molar-refractivity contribution in [2.45, 2.75) is 58.2 Å². The van der Waals surface area contributed by atoms with E-state index in [1.165, 1.54) is 0 Å². The number of carbonyl (C=O) groups excluding carboxylic acids is 1. The van der Waals surface area contributed by atoms with Gasteiger partial charge in [0, 0.05) is 19.8 Å². The van der Waals surface area contributed by atoms with Crippen LogP contribution in [0.25, 0.3) is 0 Å². The third-order valence-corrected chi connectivity index (χ3v) is 2.78. The van der Waals surface area contributed by atoms with Crippen molar-refractivity contribution in [3.05, 3.63) is 0 Å². The van der Waals surface area contributed by atoms with Crippen molar-refractivity contribution in [2.75, 3.05) is 20.3 Å². The van der Waals surface area contributed by atoms with Crippen LogP contribution in [0.15, 0.2) is 0 Å². The molecule has 5 nitrogen and oxygen atoms in total.